The van der Waals surface area contributed by atoms with Crippen LogP contribution in [0.25, 0.3) is 0 Å². The monoisotopic (exact) mass is 636 g/mol. The predicted octanol–water partition coefficient (Wildman–Crippen LogP) is 6.67. The molecule has 1 atom stereocenters. The van der Waals surface area contributed by atoms with Crippen molar-refractivity contribution < 1.29 is 51.2 Å². The fraction of sp³-hybridized carbons (Fsp3) is 0.375. The number of ether oxygens (including phenoxy) is 4. The fourth-order valence-corrected chi connectivity index (χ4v) is 4.20. The van der Waals surface area contributed by atoms with E-state index >= 15 is 0 Å². The number of aliphatic carboxylic acids is 1. The summed E-state index contributed by atoms with van der Waals surface area (Å²) in [4.78, 5) is 25.9. The summed E-state index contributed by atoms with van der Waals surface area (Å²) in [5.74, 6) is -1.45. The molecular formula is C32H36F4N2O7. The third-order valence-corrected chi connectivity index (χ3v) is 6.41. The summed E-state index contributed by atoms with van der Waals surface area (Å²) < 4.78 is 72.4. The molecule has 244 valence electrons. The van der Waals surface area contributed by atoms with Crippen molar-refractivity contribution in [3.05, 3.63) is 89.7 Å². The lowest BCUT2D eigenvalue weighted by Gasteiger charge is -2.24. The summed E-state index contributed by atoms with van der Waals surface area (Å²) in [6.07, 6.45) is -4.61. The number of carboxylic acids is 1. The summed E-state index contributed by atoms with van der Waals surface area (Å²) in [6, 6.07) is 17.3. The number of anilines is 1. The predicted molar refractivity (Wildman–Crippen MR) is 158 cm³/mol. The number of hydrogen-bond donors (Lipinski definition) is 2. The van der Waals surface area contributed by atoms with Crippen LogP contribution in [-0.4, -0.2) is 67.4 Å². The van der Waals surface area contributed by atoms with Gasteiger partial charge in [0.2, 0.25) is 0 Å². The molecule has 3 rings (SSSR count). The van der Waals surface area contributed by atoms with E-state index in [1.807, 2.05) is 0 Å². The van der Waals surface area contributed by atoms with Crippen molar-refractivity contribution in [1.29, 1.82) is 0 Å². The van der Waals surface area contributed by atoms with Crippen LogP contribution >= 0.6 is 0 Å². The SMILES string of the molecule is CCOC(Cc1ccc(OCCN(CCCCOCc2ccc(F)cc2)C(=O)Nc2ccccc2OC(F)(F)F)cc1)C(=O)O. The Morgan fingerprint density at radius 1 is 0.911 bits per heavy atom. The second-order valence-corrected chi connectivity index (χ2v) is 9.83. The molecule has 0 saturated heterocycles. The molecule has 0 aromatic heterocycles. The first-order valence-corrected chi connectivity index (χ1v) is 14.3. The number of nitrogens with one attached hydrogen (secondary N) is 1. The maximum absolute atomic E-state index is 13.2. The van der Waals surface area contributed by atoms with Gasteiger partial charge in [-0.25, -0.2) is 14.0 Å². The van der Waals surface area contributed by atoms with Crippen molar-refractivity contribution in [2.75, 3.05) is 38.2 Å². The molecule has 0 saturated carbocycles. The van der Waals surface area contributed by atoms with E-state index in [4.69, 9.17) is 14.2 Å². The van der Waals surface area contributed by atoms with Crippen LogP contribution in [0.5, 0.6) is 11.5 Å². The molecular weight excluding hydrogens is 600 g/mol. The van der Waals surface area contributed by atoms with Gasteiger partial charge in [-0.05, 0) is 67.3 Å². The fourth-order valence-electron chi connectivity index (χ4n) is 4.20. The van der Waals surface area contributed by atoms with E-state index in [9.17, 15) is 32.3 Å². The number of amides is 2. The summed E-state index contributed by atoms with van der Waals surface area (Å²) in [5, 5.41) is 11.8. The van der Waals surface area contributed by atoms with Gasteiger partial charge < -0.3 is 34.3 Å². The molecule has 0 aliphatic rings. The van der Waals surface area contributed by atoms with Crippen molar-refractivity contribution in [2.24, 2.45) is 0 Å². The minimum Gasteiger partial charge on any atom is -0.492 e. The van der Waals surface area contributed by atoms with Gasteiger partial charge in [-0.1, -0.05) is 36.4 Å². The Hall–Kier alpha value is -4.36. The topological polar surface area (TPSA) is 107 Å². The highest BCUT2D eigenvalue weighted by Crippen LogP contribution is 2.30. The summed E-state index contributed by atoms with van der Waals surface area (Å²) >= 11 is 0. The Morgan fingerprint density at radius 2 is 1.60 bits per heavy atom. The lowest BCUT2D eigenvalue weighted by molar-refractivity contribution is -0.274. The lowest BCUT2D eigenvalue weighted by atomic mass is 10.1. The summed E-state index contributed by atoms with van der Waals surface area (Å²) in [6.45, 7) is 3.11. The van der Waals surface area contributed by atoms with Gasteiger partial charge in [-0.15, -0.1) is 13.2 Å². The zero-order valence-corrected chi connectivity index (χ0v) is 24.7. The molecule has 1 unspecified atom stereocenters. The Bertz CT molecular complexity index is 1340. The zero-order valence-electron chi connectivity index (χ0n) is 24.7. The number of hydrogen-bond acceptors (Lipinski definition) is 6. The average molecular weight is 637 g/mol. The number of benzene rings is 3. The molecule has 0 spiro atoms. The van der Waals surface area contributed by atoms with Crippen LogP contribution in [0.15, 0.2) is 72.8 Å². The minimum absolute atomic E-state index is 0.0746. The quantitative estimate of drug-likeness (QED) is 0.119. The lowest BCUT2D eigenvalue weighted by Crippen LogP contribution is -2.38. The molecule has 0 bridgehead atoms. The Labute approximate surface area is 258 Å². The molecule has 0 aliphatic heterocycles. The van der Waals surface area contributed by atoms with Crippen LogP contribution in [0.2, 0.25) is 0 Å². The van der Waals surface area contributed by atoms with E-state index in [2.05, 4.69) is 10.1 Å². The highest BCUT2D eigenvalue weighted by molar-refractivity contribution is 5.91. The van der Waals surface area contributed by atoms with Gasteiger partial charge in [-0.3, -0.25) is 0 Å². The van der Waals surface area contributed by atoms with E-state index in [1.165, 1.54) is 35.2 Å². The van der Waals surface area contributed by atoms with Crippen LogP contribution in [0, 0.1) is 5.82 Å². The molecule has 3 aromatic carbocycles. The molecule has 0 aliphatic carbocycles. The molecule has 3 aromatic rings. The number of halogens is 4. The van der Waals surface area contributed by atoms with E-state index in [1.54, 1.807) is 43.3 Å². The van der Waals surface area contributed by atoms with Crippen LogP contribution in [0.3, 0.4) is 0 Å². The third-order valence-electron chi connectivity index (χ3n) is 6.41. The van der Waals surface area contributed by atoms with Gasteiger partial charge in [0.25, 0.3) is 0 Å². The molecule has 9 nitrogen and oxygen atoms in total. The van der Waals surface area contributed by atoms with Gasteiger partial charge in [0, 0.05) is 26.2 Å². The summed E-state index contributed by atoms with van der Waals surface area (Å²) in [5.41, 5.74) is 1.42. The molecule has 0 radical (unpaired) electrons. The van der Waals surface area contributed by atoms with Crippen molar-refractivity contribution >= 4 is 17.7 Å². The van der Waals surface area contributed by atoms with E-state index in [0.717, 1.165) is 17.2 Å². The number of nitrogens with zero attached hydrogens (tertiary/aromatic N) is 1. The second-order valence-electron chi connectivity index (χ2n) is 9.83. The highest BCUT2D eigenvalue weighted by Gasteiger charge is 2.32. The van der Waals surface area contributed by atoms with Gasteiger partial charge >= 0.3 is 18.4 Å². The first-order valence-electron chi connectivity index (χ1n) is 14.3. The largest absolute Gasteiger partial charge is 0.573 e. The molecule has 0 heterocycles. The number of carbonyl (C=O) groups excluding carboxylic acids is 1. The van der Waals surface area contributed by atoms with Crippen LogP contribution < -0.4 is 14.8 Å². The Morgan fingerprint density at radius 3 is 2.27 bits per heavy atom. The zero-order chi connectivity index (χ0) is 32.7. The number of alkyl halides is 3. The number of urea groups is 1. The average Bonchev–Trinajstić information content (AvgIpc) is 2.99. The van der Waals surface area contributed by atoms with E-state index < -0.39 is 30.2 Å². The van der Waals surface area contributed by atoms with Crippen molar-refractivity contribution in [3.8, 4) is 11.5 Å². The van der Waals surface area contributed by atoms with E-state index in [0.29, 0.717) is 31.8 Å². The van der Waals surface area contributed by atoms with E-state index in [-0.39, 0.29) is 44.2 Å². The standard InChI is InChI=1S/C32H36F4N2O7/c1-2-43-29(30(39)40)21-23-11-15-26(16-12-23)44-20-18-38(17-5-6-19-42-22-24-9-13-25(33)14-10-24)31(41)37-27-7-3-4-8-28(27)45-32(34,35)36/h3-4,7-16,29H,2,5-6,17-22H2,1H3,(H,37,41)(H,39,40). The minimum atomic E-state index is -4.94. The van der Waals surface area contributed by atoms with Crippen LogP contribution in [0.4, 0.5) is 28.0 Å². The number of carbonyl (C=O) groups is 2. The molecule has 13 heteroatoms. The smallest absolute Gasteiger partial charge is 0.492 e. The van der Waals surface area contributed by atoms with Gasteiger partial charge in [-0.2, -0.15) is 0 Å². The van der Waals surface area contributed by atoms with Crippen LogP contribution in [-0.2, 0) is 27.3 Å². The van der Waals surface area contributed by atoms with Crippen molar-refractivity contribution in [2.45, 2.75) is 45.3 Å². The van der Waals surface area contributed by atoms with Gasteiger partial charge in [0.1, 0.15) is 18.2 Å². The first kappa shape index (κ1) is 35.1. The number of rotatable bonds is 18. The maximum Gasteiger partial charge on any atom is 0.573 e. The number of carboxylic acid groups (broad SMARTS) is 1. The van der Waals surface area contributed by atoms with Gasteiger partial charge in [0.05, 0.1) is 18.8 Å². The second kappa shape index (κ2) is 17.8. The first-order chi connectivity index (χ1) is 21.5. The number of unbranched alkanes of at least 4 members (excludes halogenated alkanes) is 1. The normalized spacial score (nSPS) is 11.9. The van der Waals surface area contributed by atoms with Crippen molar-refractivity contribution in [1.82, 2.24) is 4.90 Å². The molecule has 0 fully saturated rings. The third kappa shape index (κ3) is 13.0. The van der Waals surface area contributed by atoms with Crippen molar-refractivity contribution in [3.63, 3.8) is 0 Å². The maximum atomic E-state index is 13.2. The highest BCUT2D eigenvalue weighted by atomic mass is 19.4. The molecule has 2 amide bonds. The summed E-state index contributed by atoms with van der Waals surface area (Å²) in [7, 11) is 0. The van der Waals surface area contributed by atoms with Crippen LogP contribution in [0.1, 0.15) is 30.9 Å². The number of para-hydroxylation sites is 2. The Kier molecular flexibility index (Phi) is 13.9. The van der Waals surface area contributed by atoms with Gasteiger partial charge in [0.15, 0.2) is 11.9 Å². The molecule has 2 N–H and O–H groups in total. The Balaban J connectivity index is 1.57. The molecule has 45 heavy (non-hydrogen) atoms.